The fourth-order valence-corrected chi connectivity index (χ4v) is 0.478. The fraction of sp³-hybridized carbons (Fsp3) is 0.143. The van der Waals surface area contributed by atoms with E-state index >= 15 is 0 Å². The van der Waals surface area contributed by atoms with E-state index in [1.165, 1.54) is 0 Å². The molecule has 0 fully saturated rings. The lowest BCUT2D eigenvalue weighted by Gasteiger charge is -1.91. The first-order valence-electron chi connectivity index (χ1n) is 2.83. The summed E-state index contributed by atoms with van der Waals surface area (Å²) in [6.45, 7) is -0.0221. The summed E-state index contributed by atoms with van der Waals surface area (Å²) in [6.07, 6.45) is 1.54. The summed E-state index contributed by atoms with van der Waals surface area (Å²) in [5.41, 5.74) is 0. The largest absolute Gasteiger partial charge is 0.478 e. The Balaban J connectivity index is 3.72. The molecule has 0 amide bonds. The van der Waals surface area contributed by atoms with Gasteiger partial charge in [0, 0.05) is 34.7 Å². The summed E-state index contributed by atoms with van der Waals surface area (Å²) in [6, 6.07) is 0. The zero-order valence-electron chi connectivity index (χ0n) is 5.91. The molecule has 0 aliphatic rings. The second-order valence-corrected chi connectivity index (χ2v) is 2.09. The van der Waals surface area contributed by atoms with Gasteiger partial charge in [-0.25, -0.2) is 9.59 Å². The maximum Gasteiger partial charge on any atom is 0.331 e. The number of carbonyl (C=O) groups excluding carboxylic acids is 1. The lowest BCUT2D eigenvalue weighted by atomic mass is 10.5. The highest BCUT2D eigenvalue weighted by Crippen LogP contribution is 1.81. The monoisotopic (exact) mass is 280 g/mol. The topological polar surface area (TPSA) is 63.6 Å². The van der Waals surface area contributed by atoms with E-state index in [1.807, 2.05) is 0 Å². The number of aliphatic carboxylic acids is 1. The van der Waals surface area contributed by atoms with Gasteiger partial charge < -0.3 is 9.84 Å². The van der Waals surface area contributed by atoms with E-state index < -0.39 is 11.9 Å². The number of hydrogen-bond donors (Lipinski definition) is 1. The first kappa shape index (κ1) is 11.0. The SMILES string of the molecule is O=C(O)C=CC(=O)OCC#CI. The van der Waals surface area contributed by atoms with Crippen molar-refractivity contribution in [2.24, 2.45) is 0 Å². The summed E-state index contributed by atoms with van der Waals surface area (Å²) in [5.74, 6) is 0.580. The summed E-state index contributed by atoms with van der Waals surface area (Å²) in [7, 11) is 0. The summed E-state index contributed by atoms with van der Waals surface area (Å²) < 4.78 is 6.96. The molecule has 0 aromatic carbocycles. The van der Waals surface area contributed by atoms with Crippen molar-refractivity contribution >= 4 is 34.5 Å². The van der Waals surface area contributed by atoms with Gasteiger partial charge in [0.1, 0.15) is 0 Å². The van der Waals surface area contributed by atoms with E-state index in [0.29, 0.717) is 6.08 Å². The van der Waals surface area contributed by atoms with Crippen molar-refractivity contribution in [1.29, 1.82) is 0 Å². The highest BCUT2D eigenvalue weighted by atomic mass is 127. The zero-order chi connectivity index (χ0) is 9.40. The lowest BCUT2D eigenvalue weighted by molar-refractivity contribution is -0.137. The first-order chi connectivity index (χ1) is 5.66. The molecule has 0 saturated carbocycles. The molecule has 0 spiro atoms. The van der Waals surface area contributed by atoms with Gasteiger partial charge in [-0.3, -0.25) is 0 Å². The Hall–Kier alpha value is -1.03. The Labute approximate surface area is 82.7 Å². The van der Waals surface area contributed by atoms with Crippen LogP contribution in [0.15, 0.2) is 12.2 Å². The van der Waals surface area contributed by atoms with E-state index in [0.717, 1.165) is 6.08 Å². The van der Waals surface area contributed by atoms with Crippen LogP contribution in [0.1, 0.15) is 0 Å². The minimum absolute atomic E-state index is 0.0221. The zero-order valence-corrected chi connectivity index (χ0v) is 8.07. The molecule has 0 saturated heterocycles. The molecule has 0 aliphatic heterocycles. The highest BCUT2D eigenvalue weighted by molar-refractivity contribution is 14.1. The number of carboxylic acid groups (broad SMARTS) is 1. The second kappa shape index (κ2) is 6.67. The van der Waals surface area contributed by atoms with Crippen LogP contribution in [0.5, 0.6) is 0 Å². The molecule has 0 unspecified atom stereocenters. The van der Waals surface area contributed by atoms with Gasteiger partial charge in [-0.2, -0.15) is 0 Å². The van der Waals surface area contributed by atoms with E-state index in [4.69, 9.17) is 5.11 Å². The highest BCUT2D eigenvalue weighted by Gasteiger charge is 1.95. The van der Waals surface area contributed by atoms with Crippen LogP contribution in [0.2, 0.25) is 0 Å². The van der Waals surface area contributed by atoms with Crippen LogP contribution < -0.4 is 0 Å². The van der Waals surface area contributed by atoms with Crippen molar-refractivity contribution in [3.8, 4) is 9.85 Å². The number of carboxylic acids is 1. The van der Waals surface area contributed by atoms with Gasteiger partial charge in [0.2, 0.25) is 0 Å². The van der Waals surface area contributed by atoms with E-state index in [1.54, 1.807) is 22.6 Å². The summed E-state index contributed by atoms with van der Waals surface area (Å²) in [5, 5.41) is 8.11. The van der Waals surface area contributed by atoms with E-state index in [9.17, 15) is 9.59 Å². The third-order valence-corrected chi connectivity index (χ3v) is 1.10. The summed E-state index contributed by atoms with van der Waals surface area (Å²) in [4.78, 5) is 20.5. The number of carbonyl (C=O) groups is 2. The normalized spacial score (nSPS) is 8.75. The van der Waals surface area contributed by atoms with Gasteiger partial charge in [0.05, 0.1) is 0 Å². The van der Waals surface area contributed by atoms with Crippen LogP contribution in [0.3, 0.4) is 0 Å². The average molecular weight is 280 g/mol. The Morgan fingerprint density at radius 2 is 2.17 bits per heavy atom. The average Bonchev–Trinajstić information content (AvgIpc) is 2.01. The van der Waals surface area contributed by atoms with E-state index in [2.05, 4.69) is 14.6 Å². The quantitative estimate of drug-likeness (QED) is 0.355. The Morgan fingerprint density at radius 3 is 2.67 bits per heavy atom. The van der Waals surface area contributed by atoms with Crippen molar-refractivity contribution < 1.29 is 19.4 Å². The summed E-state index contributed by atoms with van der Waals surface area (Å²) >= 11 is 1.80. The van der Waals surface area contributed by atoms with Crippen molar-refractivity contribution in [2.45, 2.75) is 0 Å². The molecule has 0 bridgehead atoms. The third-order valence-electron chi connectivity index (χ3n) is 0.715. The number of rotatable bonds is 3. The molecule has 0 aliphatic carbocycles. The van der Waals surface area contributed by atoms with Gasteiger partial charge >= 0.3 is 11.9 Å². The van der Waals surface area contributed by atoms with Crippen molar-refractivity contribution in [2.75, 3.05) is 6.61 Å². The van der Waals surface area contributed by atoms with E-state index in [-0.39, 0.29) is 6.61 Å². The third kappa shape index (κ3) is 7.08. The molecular weight excluding hydrogens is 275 g/mol. The van der Waals surface area contributed by atoms with Crippen LogP contribution in [0.25, 0.3) is 0 Å². The number of halogens is 1. The van der Waals surface area contributed by atoms with Crippen LogP contribution in [0.4, 0.5) is 0 Å². The molecule has 0 radical (unpaired) electrons. The molecule has 4 nitrogen and oxygen atoms in total. The second-order valence-electron chi connectivity index (χ2n) is 1.55. The molecule has 64 valence electrons. The smallest absolute Gasteiger partial charge is 0.331 e. The van der Waals surface area contributed by atoms with Crippen molar-refractivity contribution in [3.63, 3.8) is 0 Å². The van der Waals surface area contributed by atoms with Gasteiger partial charge in [-0.15, -0.1) is 0 Å². The number of esters is 1. The molecule has 0 atom stereocenters. The predicted molar refractivity (Wildman–Crippen MR) is 49.5 cm³/mol. The predicted octanol–water partition coefficient (Wildman–Crippen LogP) is 0.566. The molecule has 0 aromatic heterocycles. The van der Waals surface area contributed by atoms with Crippen LogP contribution in [-0.4, -0.2) is 23.7 Å². The molecule has 1 N–H and O–H groups in total. The molecule has 0 rings (SSSR count). The number of ether oxygens (including phenoxy) is 1. The van der Waals surface area contributed by atoms with Gasteiger partial charge in [0.15, 0.2) is 6.61 Å². The first-order valence-corrected chi connectivity index (χ1v) is 3.91. The maximum atomic E-state index is 10.6. The van der Waals surface area contributed by atoms with Gasteiger partial charge in [0.25, 0.3) is 0 Å². The lowest BCUT2D eigenvalue weighted by Crippen LogP contribution is -2.01. The van der Waals surface area contributed by atoms with Crippen LogP contribution >= 0.6 is 22.6 Å². The molecule has 5 heteroatoms. The van der Waals surface area contributed by atoms with Crippen LogP contribution in [0, 0.1) is 9.85 Å². The van der Waals surface area contributed by atoms with Gasteiger partial charge in [-0.1, -0.05) is 5.92 Å². The van der Waals surface area contributed by atoms with Gasteiger partial charge in [-0.05, 0) is 3.93 Å². The Bertz CT molecular complexity index is 258. The number of hydrogen-bond acceptors (Lipinski definition) is 3. The van der Waals surface area contributed by atoms with Crippen molar-refractivity contribution in [1.82, 2.24) is 0 Å². The Morgan fingerprint density at radius 1 is 1.50 bits per heavy atom. The van der Waals surface area contributed by atoms with Crippen LogP contribution in [-0.2, 0) is 14.3 Å². The Kier molecular flexibility index (Phi) is 6.09. The maximum absolute atomic E-state index is 10.6. The molecular formula is C7H5IO4. The van der Waals surface area contributed by atoms with Crippen molar-refractivity contribution in [3.05, 3.63) is 12.2 Å². The molecule has 0 aromatic rings. The minimum Gasteiger partial charge on any atom is -0.478 e. The molecule has 0 heterocycles. The standard InChI is InChI=1S/C7H5IO4/c8-4-1-5-12-7(11)3-2-6(9)10/h2-3H,5H2,(H,9,10). The molecule has 12 heavy (non-hydrogen) atoms. The fourth-order valence-electron chi connectivity index (χ4n) is 0.322. The minimum atomic E-state index is -1.19.